The number of nitrogens with zero attached hydrogens (tertiary/aromatic N) is 3. The third kappa shape index (κ3) is 1.54. The van der Waals surface area contributed by atoms with Crippen LogP contribution in [0.3, 0.4) is 0 Å². The Morgan fingerprint density at radius 1 is 1.33 bits per heavy atom. The van der Waals surface area contributed by atoms with E-state index in [1.54, 1.807) is 0 Å². The Hall–Kier alpha value is -0.680. The van der Waals surface area contributed by atoms with E-state index in [4.69, 9.17) is 5.73 Å². The summed E-state index contributed by atoms with van der Waals surface area (Å²) in [6, 6.07) is 0.426. The molecule has 1 aromatic heterocycles. The molecule has 2 fully saturated rings. The Morgan fingerprint density at radius 2 is 2.00 bits per heavy atom. The van der Waals surface area contributed by atoms with Gasteiger partial charge in [-0.3, -0.25) is 0 Å². The summed E-state index contributed by atoms with van der Waals surface area (Å²) in [5, 5.41) is 1.08. The van der Waals surface area contributed by atoms with Gasteiger partial charge in [0.1, 0.15) is 5.82 Å². The molecular weight excluding hydrogens is 208 g/mol. The van der Waals surface area contributed by atoms with Crippen LogP contribution in [0.1, 0.15) is 18.7 Å². The number of fused-ring (bicyclic) bond motifs is 2. The molecule has 1 saturated carbocycles. The second-order valence-corrected chi connectivity index (χ2v) is 5.43. The van der Waals surface area contributed by atoms with Crippen molar-refractivity contribution in [1.29, 1.82) is 0 Å². The molecule has 1 aliphatic carbocycles. The molecule has 4 nitrogen and oxygen atoms in total. The molecule has 1 aromatic rings. The van der Waals surface area contributed by atoms with Crippen LogP contribution >= 0.6 is 11.5 Å². The summed E-state index contributed by atoms with van der Waals surface area (Å²) in [7, 11) is 0. The Labute approximate surface area is 93.7 Å². The molecule has 2 heterocycles. The van der Waals surface area contributed by atoms with Crippen LogP contribution in [0.5, 0.6) is 0 Å². The van der Waals surface area contributed by atoms with Gasteiger partial charge in [0.05, 0.1) is 0 Å². The molecule has 82 valence electrons. The van der Waals surface area contributed by atoms with E-state index in [-0.39, 0.29) is 0 Å². The summed E-state index contributed by atoms with van der Waals surface area (Å²) < 4.78 is 4.24. The lowest BCUT2D eigenvalue weighted by molar-refractivity contribution is 0.356. The molecule has 0 amide bonds. The number of anilines is 1. The highest BCUT2D eigenvalue weighted by molar-refractivity contribution is 7.09. The van der Waals surface area contributed by atoms with E-state index in [9.17, 15) is 0 Å². The van der Waals surface area contributed by atoms with Gasteiger partial charge in [0, 0.05) is 30.7 Å². The minimum absolute atomic E-state index is 0.426. The molecule has 2 N–H and O–H groups in total. The van der Waals surface area contributed by atoms with E-state index >= 15 is 0 Å². The van der Waals surface area contributed by atoms with Crippen LogP contribution in [0, 0.1) is 18.8 Å². The number of aromatic nitrogens is 2. The molecule has 0 spiro atoms. The first-order valence-corrected chi connectivity index (χ1v) is 6.32. The third-order valence-corrected chi connectivity index (χ3v) is 4.56. The predicted molar refractivity (Wildman–Crippen MR) is 61.0 cm³/mol. The smallest absolute Gasteiger partial charge is 0.205 e. The summed E-state index contributed by atoms with van der Waals surface area (Å²) in [6.07, 6.45) is 2.58. The Morgan fingerprint density at radius 3 is 2.53 bits per heavy atom. The van der Waals surface area contributed by atoms with Crippen LogP contribution in [-0.2, 0) is 0 Å². The number of nitrogens with two attached hydrogens (primary N) is 1. The number of piperidine rings is 1. The van der Waals surface area contributed by atoms with Crippen molar-refractivity contribution < 1.29 is 0 Å². The van der Waals surface area contributed by atoms with Crippen molar-refractivity contribution in [2.75, 3.05) is 18.0 Å². The van der Waals surface area contributed by atoms with Crippen LogP contribution in [0.4, 0.5) is 5.13 Å². The van der Waals surface area contributed by atoms with Gasteiger partial charge in [0.15, 0.2) is 0 Å². The molecule has 3 atom stereocenters. The van der Waals surface area contributed by atoms with Gasteiger partial charge in [0.25, 0.3) is 0 Å². The van der Waals surface area contributed by atoms with E-state index in [0.717, 1.165) is 24.0 Å². The van der Waals surface area contributed by atoms with Crippen LogP contribution in [0.15, 0.2) is 0 Å². The SMILES string of the molecule is Cc1nsc(N2C[C@H]3CC[C@@H](C2)[C@H]3N)n1. The maximum Gasteiger partial charge on any atom is 0.205 e. The number of aryl methyl sites for hydroxylation is 1. The van der Waals surface area contributed by atoms with Gasteiger partial charge in [-0.2, -0.15) is 4.37 Å². The largest absolute Gasteiger partial charge is 0.346 e. The van der Waals surface area contributed by atoms with E-state index in [2.05, 4.69) is 14.3 Å². The maximum absolute atomic E-state index is 6.17. The van der Waals surface area contributed by atoms with E-state index in [0.29, 0.717) is 17.9 Å². The lowest BCUT2D eigenvalue weighted by Gasteiger charge is -2.35. The van der Waals surface area contributed by atoms with Crippen LogP contribution in [0.25, 0.3) is 0 Å². The first-order valence-electron chi connectivity index (χ1n) is 5.55. The average molecular weight is 224 g/mol. The molecule has 0 aromatic carbocycles. The highest BCUT2D eigenvalue weighted by Gasteiger charge is 2.40. The van der Waals surface area contributed by atoms with Crippen molar-refractivity contribution in [3.63, 3.8) is 0 Å². The van der Waals surface area contributed by atoms with Gasteiger partial charge in [-0.25, -0.2) is 4.98 Å². The van der Waals surface area contributed by atoms with Gasteiger partial charge in [-0.15, -0.1) is 0 Å². The van der Waals surface area contributed by atoms with Crippen molar-refractivity contribution in [2.24, 2.45) is 17.6 Å². The zero-order chi connectivity index (χ0) is 10.4. The van der Waals surface area contributed by atoms with Crippen molar-refractivity contribution in [3.05, 3.63) is 5.82 Å². The highest BCUT2D eigenvalue weighted by atomic mass is 32.1. The minimum Gasteiger partial charge on any atom is -0.346 e. The quantitative estimate of drug-likeness (QED) is 0.774. The van der Waals surface area contributed by atoms with Crippen molar-refractivity contribution in [2.45, 2.75) is 25.8 Å². The van der Waals surface area contributed by atoms with Gasteiger partial charge in [-0.1, -0.05) is 0 Å². The molecule has 2 aliphatic rings. The summed E-state index contributed by atoms with van der Waals surface area (Å²) in [6.45, 7) is 4.10. The molecule has 15 heavy (non-hydrogen) atoms. The van der Waals surface area contributed by atoms with Crippen molar-refractivity contribution in [3.8, 4) is 0 Å². The van der Waals surface area contributed by atoms with Gasteiger partial charge in [0.2, 0.25) is 5.13 Å². The van der Waals surface area contributed by atoms with E-state index < -0.39 is 0 Å². The van der Waals surface area contributed by atoms with E-state index in [1.165, 1.54) is 24.4 Å². The summed E-state index contributed by atoms with van der Waals surface area (Å²) in [5.74, 6) is 2.23. The Kier molecular flexibility index (Phi) is 2.17. The fourth-order valence-electron chi connectivity index (χ4n) is 2.84. The van der Waals surface area contributed by atoms with Gasteiger partial charge >= 0.3 is 0 Å². The second-order valence-electron chi connectivity index (χ2n) is 4.70. The van der Waals surface area contributed by atoms with Crippen molar-refractivity contribution in [1.82, 2.24) is 9.36 Å². The first-order chi connectivity index (χ1) is 7.24. The summed E-state index contributed by atoms with van der Waals surface area (Å²) in [4.78, 5) is 6.82. The molecule has 3 rings (SSSR count). The Balaban J connectivity index is 1.80. The third-order valence-electron chi connectivity index (χ3n) is 3.69. The monoisotopic (exact) mass is 224 g/mol. The van der Waals surface area contributed by atoms with Crippen molar-refractivity contribution >= 4 is 16.7 Å². The normalized spacial score (nSPS) is 34.8. The van der Waals surface area contributed by atoms with E-state index in [1.807, 2.05) is 6.92 Å². The summed E-state index contributed by atoms with van der Waals surface area (Å²) in [5.41, 5.74) is 6.17. The standard InChI is InChI=1S/C10H16N4S/c1-6-12-10(15-13-6)14-4-7-2-3-8(5-14)9(7)11/h7-9H,2-5,11H2,1H3/t7-,8+,9+. The van der Waals surface area contributed by atoms with Crippen LogP contribution in [0.2, 0.25) is 0 Å². The van der Waals surface area contributed by atoms with Crippen LogP contribution in [-0.4, -0.2) is 28.5 Å². The number of hydrogen-bond acceptors (Lipinski definition) is 5. The molecule has 2 bridgehead atoms. The van der Waals surface area contributed by atoms with Gasteiger partial charge in [-0.05, 0) is 31.6 Å². The molecule has 1 saturated heterocycles. The molecule has 1 aliphatic heterocycles. The molecule has 0 radical (unpaired) electrons. The lowest BCUT2D eigenvalue weighted by atomic mass is 9.93. The number of rotatable bonds is 1. The zero-order valence-corrected chi connectivity index (χ0v) is 9.70. The molecule has 5 heteroatoms. The average Bonchev–Trinajstić information content (AvgIpc) is 2.70. The summed E-state index contributed by atoms with van der Waals surface area (Å²) >= 11 is 1.51. The maximum atomic E-state index is 6.17. The second kappa shape index (κ2) is 3.42. The zero-order valence-electron chi connectivity index (χ0n) is 8.89. The Bertz CT molecular complexity index is 350. The highest BCUT2D eigenvalue weighted by Crippen LogP contribution is 2.37. The minimum atomic E-state index is 0.426. The lowest BCUT2D eigenvalue weighted by Crippen LogP contribution is -2.48. The van der Waals surface area contributed by atoms with Crippen LogP contribution < -0.4 is 10.6 Å². The number of hydrogen-bond donors (Lipinski definition) is 1. The first kappa shape index (κ1) is 9.54. The molecular formula is C10H16N4S. The van der Waals surface area contributed by atoms with Gasteiger partial charge < -0.3 is 10.6 Å². The topological polar surface area (TPSA) is 55.0 Å². The fourth-order valence-corrected chi connectivity index (χ4v) is 3.53. The fraction of sp³-hybridized carbons (Fsp3) is 0.800. The molecule has 0 unspecified atom stereocenters. The predicted octanol–water partition coefficient (Wildman–Crippen LogP) is 1.02.